The van der Waals surface area contributed by atoms with Crippen LogP contribution >= 0.6 is 0 Å². The lowest BCUT2D eigenvalue weighted by Gasteiger charge is -2.12. The quantitative estimate of drug-likeness (QED) is 0.744. The van der Waals surface area contributed by atoms with Crippen LogP contribution in [0.5, 0.6) is 11.6 Å². The molecular formula is C14H23N3O3. The number of carbonyl (C=O) groups is 1. The van der Waals surface area contributed by atoms with Gasteiger partial charge in [-0.15, -0.1) is 10.2 Å². The largest absolute Gasteiger partial charge is 0.492 e. The summed E-state index contributed by atoms with van der Waals surface area (Å²) in [6.07, 6.45) is 1.89. The molecule has 0 bridgehead atoms. The van der Waals surface area contributed by atoms with Gasteiger partial charge in [0, 0.05) is 12.5 Å². The molecule has 0 saturated heterocycles. The number of primary amides is 1. The average molecular weight is 281 g/mol. The Hall–Kier alpha value is -1.85. The minimum absolute atomic E-state index is 0.218. The van der Waals surface area contributed by atoms with Crippen molar-refractivity contribution in [1.29, 1.82) is 0 Å². The van der Waals surface area contributed by atoms with E-state index in [1.54, 1.807) is 6.07 Å². The Labute approximate surface area is 119 Å². The van der Waals surface area contributed by atoms with E-state index in [9.17, 15) is 4.79 Å². The molecule has 112 valence electrons. The Bertz CT molecular complexity index is 438. The summed E-state index contributed by atoms with van der Waals surface area (Å²) in [4.78, 5) is 10.9. The van der Waals surface area contributed by atoms with Crippen molar-refractivity contribution < 1.29 is 14.3 Å². The van der Waals surface area contributed by atoms with Gasteiger partial charge in [-0.25, -0.2) is 0 Å². The van der Waals surface area contributed by atoms with Crippen molar-refractivity contribution in [1.82, 2.24) is 10.2 Å². The molecule has 1 unspecified atom stereocenters. The predicted molar refractivity (Wildman–Crippen MR) is 75.7 cm³/mol. The van der Waals surface area contributed by atoms with E-state index >= 15 is 0 Å². The van der Waals surface area contributed by atoms with E-state index in [4.69, 9.17) is 15.2 Å². The van der Waals surface area contributed by atoms with E-state index < -0.39 is 0 Å². The highest BCUT2D eigenvalue weighted by atomic mass is 16.5. The van der Waals surface area contributed by atoms with Crippen LogP contribution in [0.2, 0.25) is 0 Å². The molecule has 6 nitrogen and oxygen atoms in total. The Morgan fingerprint density at radius 2 is 2.00 bits per heavy atom. The maximum atomic E-state index is 10.9. The van der Waals surface area contributed by atoms with E-state index in [-0.39, 0.29) is 11.8 Å². The summed E-state index contributed by atoms with van der Waals surface area (Å²) < 4.78 is 10.9. The molecule has 0 aromatic carbocycles. The van der Waals surface area contributed by atoms with Crippen LogP contribution in [0.4, 0.5) is 0 Å². The van der Waals surface area contributed by atoms with Gasteiger partial charge >= 0.3 is 0 Å². The first-order valence-corrected chi connectivity index (χ1v) is 6.97. The Balaban J connectivity index is 2.70. The first-order chi connectivity index (χ1) is 9.56. The number of nitrogens with two attached hydrogens (primary N) is 1. The molecule has 6 heteroatoms. The van der Waals surface area contributed by atoms with Crippen molar-refractivity contribution in [3.05, 3.63) is 11.8 Å². The highest BCUT2D eigenvalue weighted by Gasteiger charge is 2.12. The van der Waals surface area contributed by atoms with Crippen LogP contribution < -0.4 is 15.2 Å². The molecule has 2 N–H and O–H groups in total. The standard InChI is InChI=1S/C14H23N3O3/c1-4-19-12-9-14(20-5-2)17-16-11(12)7-6-10(3)8-13(15)18/h9-10H,4-8H2,1-3H3,(H2,15,18). The van der Waals surface area contributed by atoms with Crippen LogP contribution in [-0.4, -0.2) is 29.3 Å². The molecule has 0 spiro atoms. The van der Waals surface area contributed by atoms with Gasteiger partial charge in [-0.3, -0.25) is 4.79 Å². The van der Waals surface area contributed by atoms with Crippen LogP contribution in [0.15, 0.2) is 6.07 Å². The lowest BCUT2D eigenvalue weighted by molar-refractivity contribution is -0.118. The van der Waals surface area contributed by atoms with Gasteiger partial charge in [0.05, 0.1) is 13.2 Å². The summed E-state index contributed by atoms with van der Waals surface area (Å²) in [5.41, 5.74) is 5.97. The molecule has 1 aromatic heterocycles. The van der Waals surface area contributed by atoms with Crippen molar-refractivity contribution in [2.45, 2.75) is 40.0 Å². The highest BCUT2D eigenvalue weighted by molar-refractivity contribution is 5.73. The van der Waals surface area contributed by atoms with E-state index in [2.05, 4.69) is 10.2 Å². The third-order valence-electron chi connectivity index (χ3n) is 2.82. The average Bonchev–Trinajstić information content (AvgIpc) is 2.38. The van der Waals surface area contributed by atoms with Crippen LogP contribution in [0.3, 0.4) is 0 Å². The highest BCUT2D eigenvalue weighted by Crippen LogP contribution is 2.23. The van der Waals surface area contributed by atoms with Crippen molar-refractivity contribution in [3.63, 3.8) is 0 Å². The number of rotatable bonds is 9. The van der Waals surface area contributed by atoms with Crippen LogP contribution in [-0.2, 0) is 11.2 Å². The number of carbonyl (C=O) groups excluding carboxylic acids is 1. The Morgan fingerprint density at radius 3 is 2.60 bits per heavy atom. The fraction of sp³-hybridized carbons (Fsp3) is 0.643. The van der Waals surface area contributed by atoms with E-state index in [0.29, 0.717) is 37.7 Å². The van der Waals surface area contributed by atoms with Gasteiger partial charge in [-0.05, 0) is 32.6 Å². The molecule has 1 heterocycles. The number of nitrogens with zero attached hydrogens (tertiary/aromatic N) is 2. The summed E-state index contributed by atoms with van der Waals surface area (Å²) in [7, 11) is 0. The Kier molecular flexibility index (Phi) is 6.76. The number of ether oxygens (including phenoxy) is 2. The molecule has 0 aliphatic rings. The topological polar surface area (TPSA) is 87.3 Å². The van der Waals surface area contributed by atoms with Gasteiger partial charge in [-0.1, -0.05) is 6.92 Å². The van der Waals surface area contributed by atoms with Crippen LogP contribution in [0.25, 0.3) is 0 Å². The summed E-state index contributed by atoms with van der Waals surface area (Å²) in [6.45, 7) is 6.89. The lowest BCUT2D eigenvalue weighted by Crippen LogP contribution is -2.15. The van der Waals surface area contributed by atoms with E-state index in [0.717, 1.165) is 12.1 Å². The van der Waals surface area contributed by atoms with E-state index in [1.807, 2.05) is 20.8 Å². The zero-order valence-electron chi connectivity index (χ0n) is 12.4. The van der Waals surface area contributed by atoms with Crippen molar-refractivity contribution in [2.75, 3.05) is 13.2 Å². The minimum Gasteiger partial charge on any atom is -0.492 e. The van der Waals surface area contributed by atoms with E-state index in [1.165, 1.54) is 0 Å². The first-order valence-electron chi connectivity index (χ1n) is 6.97. The molecule has 1 aromatic rings. The molecule has 1 amide bonds. The van der Waals surface area contributed by atoms with Gasteiger partial charge < -0.3 is 15.2 Å². The lowest BCUT2D eigenvalue weighted by atomic mass is 10.00. The Morgan fingerprint density at radius 1 is 1.30 bits per heavy atom. The van der Waals surface area contributed by atoms with Crippen molar-refractivity contribution in [2.24, 2.45) is 11.7 Å². The molecular weight excluding hydrogens is 258 g/mol. The molecule has 0 saturated carbocycles. The zero-order valence-corrected chi connectivity index (χ0v) is 12.4. The van der Waals surface area contributed by atoms with Crippen LogP contribution in [0, 0.1) is 5.92 Å². The first kappa shape index (κ1) is 16.2. The van der Waals surface area contributed by atoms with Crippen molar-refractivity contribution in [3.8, 4) is 11.6 Å². The molecule has 0 fully saturated rings. The number of hydrogen-bond acceptors (Lipinski definition) is 5. The monoisotopic (exact) mass is 281 g/mol. The number of amides is 1. The molecule has 0 aliphatic heterocycles. The number of hydrogen-bond donors (Lipinski definition) is 1. The second-order valence-electron chi connectivity index (χ2n) is 4.67. The second-order valence-corrected chi connectivity index (χ2v) is 4.67. The number of aromatic nitrogens is 2. The van der Waals surface area contributed by atoms with Gasteiger partial charge in [0.15, 0.2) is 0 Å². The molecule has 20 heavy (non-hydrogen) atoms. The van der Waals surface area contributed by atoms with Gasteiger partial charge in [0.25, 0.3) is 0 Å². The molecule has 0 radical (unpaired) electrons. The second kappa shape index (κ2) is 8.35. The molecule has 1 atom stereocenters. The van der Waals surface area contributed by atoms with Crippen LogP contribution in [0.1, 0.15) is 39.3 Å². The fourth-order valence-electron chi connectivity index (χ4n) is 1.88. The van der Waals surface area contributed by atoms with Gasteiger partial charge in [0.1, 0.15) is 11.4 Å². The predicted octanol–water partition coefficient (Wildman–Crippen LogP) is 1.72. The van der Waals surface area contributed by atoms with Crippen molar-refractivity contribution >= 4 is 5.91 Å². The minimum atomic E-state index is -0.277. The van der Waals surface area contributed by atoms with Gasteiger partial charge in [-0.2, -0.15) is 0 Å². The third-order valence-corrected chi connectivity index (χ3v) is 2.82. The number of aryl methyl sites for hydroxylation is 1. The summed E-state index contributed by atoms with van der Waals surface area (Å²) in [5.74, 6) is 1.10. The maximum Gasteiger partial charge on any atom is 0.237 e. The third kappa shape index (κ3) is 5.42. The summed E-state index contributed by atoms with van der Waals surface area (Å²) in [6, 6.07) is 1.76. The molecule has 0 aliphatic carbocycles. The normalized spacial score (nSPS) is 11.9. The SMILES string of the molecule is CCOc1cc(OCC)c(CCC(C)CC(N)=O)nn1. The van der Waals surface area contributed by atoms with Gasteiger partial charge in [0.2, 0.25) is 11.8 Å². The summed E-state index contributed by atoms with van der Waals surface area (Å²) >= 11 is 0. The summed E-state index contributed by atoms with van der Waals surface area (Å²) in [5, 5.41) is 8.16. The fourth-order valence-corrected chi connectivity index (χ4v) is 1.88. The maximum absolute atomic E-state index is 10.9. The zero-order chi connectivity index (χ0) is 15.0. The smallest absolute Gasteiger partial charge is 0.237 e. The molecule has 1 rings (SSSR count).